The molecule has 0 saturated carbocycles. The molecule has 0 aliphatic carbocycles. The number of morpholine rings is 1. The Morgan fingerprint density at radius 2 is 1.83 bits per heavy atom. The largest absolute Gasteiger partial charge is 0.378 e. The molecule has 0 atom stereocenters. The molecule has 0 spiro atoms. The Bertz CT molecular complexity index is 695. The van der Waals surface area contributed by atoms with Crippen LogP contribution in [0.15, 0.2) is 48.7 Å². The van der Waals surface area contributed by atoms with Gasteiger partial charge in [-0.05, 0) is 32.0 Å². The van der Waals surface area contributed by atoms with Gasteiger partial charge in [0.2, 0.25) is 0 Å². The summed E-state index contributed by atoms with van der Waals surface area (Å²) in [6.45, 7) is 7.23. The Morgan fingerprint density at radius 3 is 2.54 bits per heavy atom. The van der Waals surface area contributed by atoms with Crippen LogP contribution >= 0.6 is 0 Å². The predicted octanol–water partition coefficient (Wildman–Crippen LogP) is 2.58. The Balaban J connectivity index is 1.85. The summed E-state index contributed by atoms with van der Waals surface area (Å²) in [7, 11) is 0. The minimum atomic E-state index is -0.510. The molecule has 0 unspecified atom stereocenters. The molecule has 1 saturated heterocycles. The van der Waals surface area contributed by atoms with Gasteiger partial charge in [-0.1, -0.05) is 24.3 Å². The molecule has 1 amide bonds. The summed E-state index contributed by atoms with van der Waals surface area (Å²) in [5.41, 5.74) is 2.15. The van der Waals surface area contributed by atoms with E-state index in [2.05, 4.69) is 27.3 Å². The van der Waals surface area contributed by atoms with Crippen LogP contribution < -0.4 is 10.2 Å². The van der Waals surface area contributed by atoms with Gasteiger partial charge in [-0.2, -0.15) is 0 Å². The Labute approximate surface area is 142 Å². The van der Waals surface area contributed by atoms with E-state index in [0.29, 0.717) is 5.69 Å². The minimum absolute atomic E-state index is 0.169. The highest BCUT2D eigenvalue weighted by atomic mass is 16.5. The van der Waals surface area contributed by atoms with Crippen molar-refractivity contribution in [2.24, 2.45) is 0 Å². The number of hydrogen-bond acceptors (Lipinski definition) is 4. The number of amides is 1. The fourth-order valence-electron chi connectivity index (χ4n) is 2.99. The second-order valence-corrected chi connectivity index (χ2v) is 6.41. The van der Waals surface area contributed by atoms with Crippen LogP contribution in [0.25, 0.3) is 0 Å². The highest BCUT2D eigenvalue weighted by molar-refractivity contribution is 5.92. The standard InChI is InChI=1S/C19H23N3O2/c1-19(2,21-18(23)16-8-5-6-10-20-16)15-7-3-4-9-17(15)22-11-13-24-14-12-22/h3-10H,11-14H2,1-2H3,(H,21,23). The van der Waals surface area contributed by atoms with E-state index in [1.54, 1.807) is 18.3 Å². The molecule has 24 heavy (non-hydrogen) atoms. The Kier molecular flexibility index (Phi) is 4.81. The van der Waals surface area contributed by atoms with E-state index in [1.807, 2.05) is 32.0 Å². The summed E-state index contributed by atoms with van der Waals surface area (Å²) < 4.78 is 5.45. The molecular formula is C19H23N3O2. The first-order valence-electron chi connectivity index (χ1n) is 8.24. The van der Waals surface area contributed by atoms with E-state index in [0.717, 1.165) is 37.6 Å². The van der Waals surface area contributed by atoms with E-state index in [-0.39, 0.29) is 5.91 Å². The number of aromatic nitrogens is 1. The minimum Gasteiger partial charge on any atom is -0.378 e. The summed E-state index contributed by atoms with van der Waals surface area (Å²) in [6.07, 6.45) is 1.63. The summed E-state index contributed by atoms with van der Waals surface area (Å²) in [5.74, 6) is -0.169. The van der Waals surface area contributed by atoms with Crippen LogP contribution in [0.5, 0.6) is 0 Å². The quantitative estimate of drug-likeness (QED) is 0.939. The zero-order chi connectivity index (χ0) is 17.0. The number of anilines is 1. The molecule has 1 aliphatic heterocycles. The first-order chi connectivity index (χ1) is 11.6. The third-order valence-corrected chi connectivity index (χ3v) is 4.25. The lowest BCUT2D eigenvalue weighted by Gasteiger charge is -2.35. The van der Waals surface area contributed by atoms with Gasteiger partial charge in [0.1, 0.15) is 5.69 Å². The number of pyridine rings is 1. The second kappa shape index (κ2) is 7.01. The number of hydrogen-bond donors (Lipinski definition) is 1. The molecule has 0 bridgehead atoms. The number of ether oxygens (including phenoxy) is 1. The van der Waals surface area contributed by atoms with Crippen molar-refractivity contribution in [2.45, 2.75) is 19.4 Å². The van der Waals surface area contributed by atoms with E-state index >= 15 is 0 Å². The molecule has 0 radical (unpaired) electrons. The number of nitrogens with one attached hydrogen (secondary N) is 1. The number of rotatable bonds is 4. The van der Waals surface area contributed by atoms with Crippen LogP contribution in [0.1, 0.15) is 29.9 Å². The molecule has 1 aliphatic rings. The van der Waals surface area contributed by atoms with Gasteiger partial charge in [-0.3, -0.25) is 9.78 Å². The number of carbonyl (C=O) groups is 1. The Hall–Kier alpha value is -2.40. The molecule has 1 fully saturated rings. The van der Waals surface area contributed by atoms with Crippen molar-refractivity contribution in [3.63, 3.8) is 0 Å². The van der Waals surface area contributed by atoms with Gasteiger partial charge >= 0.3 is 0 Å². The van der Waals surface area contributed by atoms with Crippen molar-refractivity contribution in [1.29, 1.82) is 0 Å². The first kappa shape index (κ1) is 16.5. The van der Waals surface area contributed by atoms with Crippen molar-refractivity contribution in [3.05, 3.63) is 59.9 Å². The maximum absolute atomic E-state index is 12.5. The number of carbonyl (C=O) groups excluding carboxylic acids is 1. The van der Waals surface area contributed by atoms with Gasteiger partial charge in [0.25, 0.3) is 5.91 Å². The van der Waals surface area contributed by atoms with E-state index < -0.39 is 5.54 Å². The lowest BCUT2D eigenvalue weighted by molar-refractivity contribution is 0.0906. The third kappa shape index (κ3) is 3.57. The molecule has 1 N–H and O–H groups in total. The van der Waals surface area contributed by atoms with Gasteiger partial charge < -0.3 is 15.0 Å². The SMILES string of the molecule is CC(C)(NC(=O)c1ccccn1)c1ccccc1N1CCOCC1. The first-order valence-corrected chi connectivity index (χ1v) is 8.24. The zero-order valence-electron chi connectivity index (χ0n) is 14.2. The smallest absolute Gasteiger partial charge is 0.270 e. The van der Waals surface area contributed by atoms with E-state index in [9.17, 15) is 4.79 Å². The molecule has 3 rings (SSSR count). The third-order valence-electron chi connectivity index (χ3n) is 4.25. The summed E-state index contributed by atoms with van der Waals surface area (Å²) in [6, 6.07) is 13.6. The zero-order valence-corrected chi connectivity index (χ0v) is 14.2. The molecule has 1 aromatic heterocycles. The molecule has 1 aromatic carbocycles. The van der Waals surface area contributed by atoms with Gasteiger partial charge in [0.05, 0.1) is 18.8 Å². The summed E-state index contributed by atoms with van der Waals surface area (Å²) >= 11 is 0. The van der Waals surface area contributed by atoms with Crippen molar-refractivity contribution in [2.75, 3.05) is 31.2 Å². The van der Waals surface area contributed by atoms with Crippen LogP contribution in [0.4, 0.5) is 5.69 Å². The van der Waals surface area contributed by atoms with E-state index in [4.69, 9.17) is 4.74 Å². The van der Waals surface area contributed by atoms with Gasteiger partial charge in [-0.15, -0.1) is 0 Å². The molecular weight excluding hydrogens is 302 g/mol. The van der Waals surface area contributed by atoms with Crippen molar-refractivity contribution in [1.82, 2.24) is 10.3 Å². The van der Waals surface area contributed by atoms with Gasteiger partial charge in [0.15, 0.2) is 0 Å². The van der Waals surface area contributed by atoms with Gasteiger partial charge in [-0.25, -0.2) is 0 Å². The maximum Gasteiger partial charge on any atom is 0.270 e. The monoisotopic (exact) mass is 325 g/mol. The highest BCUT2D eigenvalue weighted by Gasteiger charge is 2.28. The fraction of sp³-hybridized carbons (Fsp3) is 0.368. The van der Waals surface area contributed by atoms with E-state index in [1.165, 1.54) is 0 Å². The predicted molar refractivity (Wildman–Crippen MR) is 94.2 cm³/mol. The van der Waals surface area contributed by atoms with Crippen LogP contribution in [-0.4, -0.2) is 37.2 Å². The number of para-hydroxylation sites is 1. The number of nitrogens with zero attached hydrogens (tertiary/aromatic N) is 2. The molecule has 2 aromatic rings. The second-order valence-electron chi connectivity index (χ2n) is 6.41. The average molecular weight is 325 g/mol. The molecule has 5 heteroatoms. The van der Waals surface area contributed by atoms with Crippen LogP contribution in [-0.2, 0) is 10.3 Å². The number of benzene rings is 1. The van der Waals surface area contributed by atoms with Crippen LogP contribution in [0.3, 0.4) is 0 Å². The normalized spacial score (nSPS) is 15.2. The Morgan fingerprint density at radius 1 is 1.12 bits per heavy atom. The molecule has 2 heterocycles. The van der Waals surface area contributed by atoms with Crippen molar-refractivity contribution >= 4 is 11.6 Å². The lowest BCUT2D eigenvalue weighted by Crippen LogP contribution is -2.44. The molecule has 126 valence electrons. The maximum atomic E-state index is 12.5. The average Bonchev–Trinajstić information content (AvgIpc) is 2.63. The molecule has 5 nitrogen and oxygen atoms in total. The lowest BCUT2D eigenvalue weighted by atomic mass is 9.91. The van der Waals surface area contributed by atoms with Crippen LogP contribution in [0, 0.1) is 0 Å². The fourth-order valence-corrected chi connectivity index (χ4v) is 2.99. The summed E-state index contributed by atoms with van der Waals surface area (Å²) in [5, 5.41) is 3.11. The van der Waals surface area contributed by atoms with Gasteiger partial charge in [0, 0.05) is 30.5 Å². The topological polar surface area (TPSA) is 54.5 Å². The summed E-state index contributed by atoms with van der Waals surface area (Å²) in [4.78, 5) is 19.0. The van der Waals surface area contributed by atoms with Crippen molar-refractivity contribution < 1.29 is 9.53 Å². The van der Waals surface area contributed by atoms with Crippen LogP contribution in [0.2, 0.25) is 0 Å². The van der Waals surface area contributed by atoms with Crippen molar-refractivity contribution in [3.8, 4) is 0 Å². The highest BCUT2D eigenvalue weighted by Crippen LogP contribution is 2.31.